The van der Waals surface area contributed by atoms with Gasteiger partial charge in [0, 0.05) is 18.5 Å². The Bertz CT molecular complexity index is 435. The van der Waals surface area contributed by atoms with Crippen LogP contribution in [0.2, 0.25) is 0 Å². The molecule has 0 N–H and O–H groups in total. The van der Waals surface area contributed by atoms with Gasteiger partial charge in [-0.25, -0.2) is 0 Å². The zero-order valence-electron chi connectivity index (χ0n) is 12.1. The Labute approximate surface area is 122 Å². The summed E-state index contributed by atoms with van der Waals surface area (Å²) in [4.78, 5) is 2.31. The molecule has 0 bridgehead atoms. The largest absolute Gasteiger partial charge is 0.368 e. The molecule has 0 amide bonds. The Morgan fingerprint density at radius 1 is 1.32 bits per heavy atom. The molecule has 3 heteroatoms. The standard InChI is InChI=1S/C16H23ClN2/c1-4-5-6-9-19(13(2)3)16-8-7-14(11-17)10-15(16)12-18/h7-8,10,13H,4-6,9,11H2,1-3H3. The Balaban J connectivity index is 2.98. The van der Waals surface area contributed by atoms with E-state index in [1.54, 1.807) is 0 Å². The van der Waals surface area contributed by atoms with Gasteiger partial charge in [-0.05, 0) is 38.0 Å². The summed E-state index contributed by atoms with van der Waals surface area (Å²) >= 11 is 5.83. The number of rotatable bonds is 7. The van der Waals surface area contributed by atoms with E-state index in [0.29, 0.717) is 11.9 Å². The predicted molar refractivity (Wildman–Crippen MR) is 82.7 cm³/mol. The number of unbranched alkanes of at least 4 members (excludes halogenated alkanes) is 2. The summed E-state index contributed by atoms with van der Waals surface area (Å²) in [5.74, 6) is 0.451. The van der Waals surface area contributed by atoms with Gasteiger partial charge in [-0.3, -0.25) is 0 Å². The third-order valence-corrected chi connectivity index (χ3v) is 3.58. The van der Waals surface area contributed by atoms with E-state index in [-0.39, 0.29) is 0 Å². The molecular weight excluding hydrogens is 256 g/mol. The number of benzene rings is 1. The molecule has 0 aliphatic rings. The van der Waals surface area contributed by atoms with Crippen molar-refractivity contribution in [1.82, 2.24) is 0 Å². The molecule has 0 atom stereocenters. The van der Waals surface area contributed by atoms with Crippen molar-refractivity contribution in [1.29, 1.82) is 5.26 Å². The van der Waals surface area contributed by atoms with E-state index in [1.807, 2.05) is 18.2 Å². The van der Waals surface area contributed by atoms with Gasteiger partial charge >= 0.3 is 0 Å². The number of hydrogen-bond acceptors (Lipinski definition) is 2. The van der Waals surface area contributed by atoms with Gasteiger partial charge in [-0.15, -0.1) is 11.6 Å². The fraction of sp³-hybridized carbons (Fsp3) is 0.562. The summed E-state index contributed by atoms with van der Waals surface area (Å²) < 4.78 is 0. The molecule has 19 heavy (non-hydrogen) atoms. The first-order valence-electron chi connectivity index (χ1n) is 6.99. The van der Waals surface area contributed by atoms with Gasteiger partial charge in [0.05, 0.1) is 11.3 Å². The molecule has 1 rings (SSSR count). The summed E-state index contributed by atoms with van der Waals surface area (Å²) in [6.45, 7) is 7.54. The van der Waals surface area contributed by atoms with Crippen LogP contribution in [0.3, 0.4) is 0 Å². The molecule has 0 saturated carbocycles. The van der Waals surface area contributed by atoms with Gasteiger partial charge in [-0.2, -0.15) is 5.26 Å². The molecule has 1 aromatic rings. The summed E-state index contributed by atoms with van der Waals surface area (Å²) in [6.07, 6.45) is 3.60. The van der Waals surface area contributed by atoms with Crippen LogP contribution in [0.15, 0.2) is 18.2 Å². The molecule has 0 radical (unpaired) electrons. The number of halogens is 1. The summed E-state index contributed by atoms with van der Waals surface area (Å²) in [5, 5.41) is 9.32. The van der Waals surface area contributed by atoms with E-state index in [4.69, 9.17) is 11.6 Å². The van der Waals surface area contributed by atoms with Crippen molar-refractivity contribution < 1.29 is 0 Å². The van der Waals surface area contributed by atoms with Crippen LogP contribution in [0, 0.1) is 11.3 Å². The maximum atomic E-state index is 9.32. The van der Waals surface area contributed by atoms with Crippen molar-refractivity contribution in [2.45, 2.75) is 52.0 Å². The van der Waals surface area contributed by atoms with E-state index in [9.17, 15) is 5.26 Å². The van der Waals surface area contributed by atoms with Crippen LogP contribution in [0.1, 0.15) is 51.2 Å². The molecule has 1 aromatic carbocycles. The molecule has 104 valence electrons. The Morgan fingerprint density at radius 2 is 2.05 bits per heavy atom. The SMILES string of the molecule is CCCCCN(c1ccc(CCl)cc1C#N)C(C)C. The van der Waals surface area contributed by atoms with Crippen molar-refractivity contribution in [3.8, 4) is 6.07 Å². The van der Waals surface area contributed by atoms with Crippen LogP contribution in [0.4, 0.5) is 5.69 Å². The van der Waals surface area contributed by atoms with Gasteiger partial charge in [0.15, 0.2) is 0 Å². The first-order chi connectivity index (χ1) is 9.13. The zero-order chi connectivity index (χ0) is 14.3. The van der Waals surface area contributed by atoms with Crippen molar-refractivity contribution in [3.63, 3.8) is 0 Å². The Morgan fingerprint density at radius 3 is 2.58 bits per heavy atom. The third kappa shape index (κ3) is 4.44. The highest BCUT2D eigenvalue weighted by Gasteiger charge is 2.14. The van der Waals surface area contributed by atoms with E-state index in [0.717, 1.165) is 29.8 Å². The van der Waals surface area contributed by atoms with Gasteiger partial charge in [0.1, 0.15) is 6.07 Å². The maximum Gasteiger partial charge on any atom is 0.101 e. The van der Waals surface area contributed by atoms with Gasteiger partial charge in [0.25, 0.3) is 0 Å². The van der Waals surface area contributed by atoms with Crippen LogP contribution in [-0.4, -0.2) is 12.6 Å². The second-order valence-electron chi connectivity index (χ2n) is 5.09. The molecule has 0 unspecified atom stereocenters. The molecule has 0 aliphatic heterocycles. The molecule has 0 aliphatic carbocycles. The summed E-state index contributed by atoms with van der Waals surface area (Å²) in [6, 6.07) is 8.63. The van der Waals surface area contributed by atoms with Crippen LogP contribution in [-0.2, 0) is 5.88 Å². The normalized spacial score (nSPS) is 10.5. The van der Waals surface area contributed by atoms with E-state index in [1.165, 1.54) is 12.8 Å². The lowest BCUT2D eigenvalue weighted by atomic mass is 10.1. The minimum Gasteiger partial charge on any atom is -0.368 e. The first-order valence-corrected chi connectivity index (χ1v) is 7.53. The highest BCUT2D eigenvalue weighted by molar-refractivity contribution is 6.17. The van der Waals surface area contributed by atoms with Crippen LogP contribution < -0.4 is 4.90 Å². The minimum absolute atomic E-state index is 0.394. The molecule has 2 nitrogen and oxygen atoms in total. The van der Waals surface area contributed by atoms with Crippen LogP contribution in [0.5, 0.6) is 0 Å². The average molecular weight is 279 g/mol. The van der Waals surface area contributed by atoms with Gasteiger partial charge < -0.3 is 4.90 Å². The predicted octanol–water partition coefficient (Wildman–Crippen LogP) is 4.70. The van der Waals surface area contributed by atoms with Crippen LogP contribution in [0.25, 0.3) is 0 Å². The number of nitrogens with zero attached hydrogens (tertiary/aromatic N) is 2. The van der Waals surface area contributed by atoms with E-state index >= 15 is 0 Å². The van der Waals surface area contributed by atoms with E-state index in [2.05, 4.69) is 31.7 Å². The first kappa shape index (κ1) is 15.9. The monoisotopic (exact) mass is 278 g/mol. The van der Waals surface area contributed by atoms with Gasteiger partial charge in [0.2, 0.25) is 0 Å². The average Bonchev–Trinajstić information content (AvgIpc) is 2.43. The smallest absolute Gasteiger partial charge is 0.101 e. The number of hydrogen-bond donors (Lipinski definition) is 0. The van der Waals surface area contributed by atoms with Crippen molar-refractivity contribution in [2.24, 2.45) is 0 Å². The highest BCUT2D eigenvalue weighted by atomic mass is 35.5. The quantitative estimate of drug-likeness (QED) is 0.534. The van der Waals surface area contributed by atoms with E-state index < -0.39 is 0 Å². The molecule has 0 fully saturated rings. The van der Waals surface area contributed by atoms with Crippen molar-refractivity contribution >= 4 is 17.3 Å². The highest BCUT2D eigenvalue weighted by Crippen LogP contribution is 2.24. The number of anilines is 1. The summed E-state index contributed by atoms with van der Waals surface area (Å²) in [7, 11) is 0. The fourth-order valence-electron chi connectivity index (χ4n) is 2.20. The number of alkyl halides is 1. The maximum absolute atomic E-state index is 9.32. The van der Waals surface area contributed by atoms with Crippen molar-refractivity contribution in [2.75, 3.05) is 11.4 Å². The number of nitriles is 1. The lowest BCUT2D eigenvalue weighted by molar-refractivity contribution is 0.625. The minimum atomic E-state index is 0.394. The van der Waals surface area contributed by atoms with Gasteiger partial charge in [-0.1, -0.05) is 25.8 Å². The fourth-order valence-corrected chi connectivity index (χ4v) is 2.36. The Hall–Kier alpha value is -1.20. The molecular formula is C16H23ClN2. The molecule has 0 aromatic heterocycles. The molecule has 0 spiro atoms. The second kappa shape index (κ2) is 8.07. The molecule has 0 heterocycles. The van der Waals surface area contributed by atoms with Crippen molar-refractivity contribution in [3.05, 3.63) is 29.3 Å². The lowest BCUT2D eigenvalue weighted by Crippen LogP contribution is -2.32. The second-order valence-corrected chi connectivity index (χ2v) is 5.36. The lowest BCUT2D eigenvalue weighted by Gasteiger charge is -2.30. The summed E-state index contributed by atoms with van der Waals surface area (Å²) in [5.41, 5.74) is 2.75. The third-order valence-electron chi connectivity index (χ3n) is 3.27. The Kier molecular flexibility index (Phi) is 6.73. The molecule has 0 saturated heterocycles. The topological polar surface area (TPSA) is 27.0 Å². The zero-order valence-corrected chi connectivity index (χ0v) is 12.9. The van der Waals surface area contributed by atoms with Crippen LogP contribution >= 0.6 is 11.6 Å².